The van der Waals surface area contributed by atoms with E-state index in [4.69, 9.17) is 5.73 Å². The summed E-state index contributed by atoms with van der Waals surface area (Å²) in [4.78, 5) is 32.5. The summed E-state index contributed by atoms with van der Waals surface area (Å²) in [6.07, 6.45) is 3.24. The van der Waals surface area contributed by atoms with Crippen LogP contribution in [0.3, 0.4) is 0 Å². The number of nitrogens with zero attached hydrogens (tertiary/aromatic N) is 2. The zero-order chi connectivity index (χ0) is 20.5. The van der Waals surface area contributed by atoms with Gasteiger partial charge in [0.15, 0.2) is 0 Å². The first-order valence-corrected chi connectivity index (χ1v) is 10.3. The van der Waals surface area contributed by atoms with Crippen LogP contribution in [0.25, 0.3) is 0 Å². The highest BCUT2D eigenvalue weighted by molar-refractivity contribution is 6.12. The number of benzene rings is 2. The highest BCUT2D eigenvalue weighted by Gasteiger charge is 2.40. The minimum atomic E-state index is -0.653. The standard InChI is InChI=1S/C24H27N3O2/c1-15(2)22(25)24(29)27-20-13-6-4-9-17(20)14-21(27)23(28)26-19-12-7-10-16-8-3-5-11-18(16)19/h3-6,8-9,11,13,15,21-22H,7,10,12,14,25H2,1-2H3/b26-19+/t21-,22-/m0/s1. The van der Waals surface area contributed by atoms with Gasteiger partial charge in [-0.15, -0.1) is 0 Å². The van der Waals surface area contributed by atoms with Crippen molar-refractivity contribution in [2.75, 3.05) is 4.90 Å². The molecule has 2 aromatic rings. The van der Waals surface area contributed by atoms with Gasteiger partial charge in [-0.25, -0.2) is 4.99 Å². The Balaban J connectivity index is 1.68. The van der Waals surface area contributed by atoms with Gasteiger partial charge in [0, 0.05) is 12.1 Å². The number of aliphatic imine (C=N–C) groups is 1. The fraction of sp³-hybridized carbons (Fsp3) is 0.375. The fourth-order valence-corrected chi connectivity index (χ4v) is 4.23. The molecule has 5 nitrogen and oxygen atoms in total. The normalized spacial score (nSPS) is 20.5. The van der Waals surface area contributed by atoms with Crippen LogP contribution in [0.2, 0.25) is 0 Å². The van der Waals surface area contributed by atoms with Crippen LogP contribution in [0, 0.1) is 5.92 Å². The second kappa shape index (κ2) is 7.91. The van der Waals surface area contributed by atoms with Crippen molar-refractivity contribution in [3.63, 3.8) is 0 Å². The van der Waals surface area contributed by atoms with E-state index in [1.807, 2.05) is 56.3 Å². The molecule has 0 spiro atoms. The van der Waals surface area contributed by atoms with Gasteiger partial charge >= 0.3 is 0 Å². The summed E-state index contributed by atoms with van der Waals surface area (Å²) in [7, 11) is 0. The molecule has 0 aromatic heterocycles. The Morgan fingerprint density at radius 3 is 2.48 bits per heavy atom. The lowest BCUT2D eigenvalue weighted by atomic mass is 9.90. The number of hydrogen-bond acceptors (Lipinski definition) is 3. The molecule has 4 rings (SSSR count). The lowest BCUT2D eigenvalue weighted by Gasteiger charge is -2.28. The Kier molecular flexibility index (Phi) is 5.33. The summed E-state index contributed by atoms with van der Waals surface area (Å²) in [5, 5.41) is 0. The van der Waals surface area contributed by atoms with E-state index in [0.29, 0.717) is 6.42 Å². The number of amides is 2. The Hall–Kier alpha value is -2.79. The Morgan fingerprint density at radius 2 is 1.72 bits per heavy atom. The average Bonchev–Trinajstić information content (AvgIpc) is 3.12. The number of para-hydroxylation sites is 1. The van der Waals surface area contributed by atoms with Gasteiger partial charge in [0.25, 0.3) is 5.91 Å². The van der Waals surface area contributed by atoms with Gasteiger partial charge in [0.05, 0.1) is 11.8 Å². The molecule has 1 aliphatic heterocycles. The van der Waals surface area contributed by atoms with E-state index in [-0.39, 0.29) is 17.7 Å². The molecule has 2 aromatic carbocycles. The maximum Gasteiger partial charge on any atom is 0.269 e. The molecule has 0 bridgehead atoms. The molecule has 0 unspecified atom stereocenters. The first-order valence-electron chi connectivity index (χ1n) is 10.3. The number of fused-ring (bicyclic) bond motifs is 2. The number of hydrogen-bond donors (Lipinski definition) is 1. The number of aryl methyl sites for hydroxylation is 1. The van der Waals surface area contributed by atoms with Crippen LogP contribution in [0.4, 0.5) is 5.69 Å². The summed E-state index contributed by atoms with van der Waals surface area (Å²) >= 11 is 0. The van der Waals surface area contributed by atoms with Gasteiger partial charge in [0.2, 0.25) is 5.91 Å². The van der Waals surface area contributed by atoms with E-state index in [1.54, 1.807) is 4.90 Å². The highest BCUT2D eigenvalue weighted by atomic mass is 16.2. The van der Waals surface area contributed by atoms with Crippen LogP contribution in [-0.4, -0.2) is 29.6 Å². The molecule has 1 heterocycles. The van der Waals surface area contributed by atoms with Crippen LogP contribution in [0.5, 0.6) is 0 Å². The molecule has 2 atom stereocenters. The molecule has 0 radical (unpaired) electrons. The van der Waals surface area contributed by atoms with Gasteiger partial charge < -0.3 is 5.73 Å². The summed E-state index contributed by atoms with van der Waals surface area (Å²) in [6, 6.07) is 14.5. The summed E-state index contributed by atoms with van der Waals surface area (Å²) in [5.41, 5.74) is 11.0. The quantitative estimate of drug-likeness (QED) is 0.875. The van der Waals surface area contributed by atoms with Crippen molar-refractivity contribution >= 4 is 23.2 Å². The molecule has 0 saturated carbocycles. The number of anilines is 1. The van der Waals surface area contributed by atoms with E-state index in [9.17, 15) is 9.59 Å². The lowest BCUT2D eigenvalue weighted by Crippen LogP contribution is -2.51. The SMILES string of the molecule is CC(C)[C@H](N)C(=O)N1c2ccccc2C[C@H]1C(=O)/N=C1\CCCc2ccccc21. The van der Waals surface area contributed by atoms with Gasteiger partial charge in [-0.05, 0) is 47.9 Å². The molecule has 150 valence electrons. The number of carbonyl (C=O) groups is 2. The van der Waals surface area contributed by atoms with E-state index in [2.05, 4.69) is 11.1 Å². The average molecular weight is 389 g/mol. The summed E-state index contributed by atoms with van der Waals surface area (Å²) < 4.78 is 0. The highest BCUT2D eigenvalue weighted by Crippen LogP contribution is 2.34. The first kappa shape index (κ1) is 19.5. The first-order chi connectivity index (χ1) is 14.0. The molecular formula is C24H27N3O2. The number of carbonyl (C=O) groups excluding carboxylic acids is 2. The lowest BCUT2D eigenvalue weighted by molar-refractivity contribution is -0.125. The topological polar surface area (TPSA) is 75.8 Å². The van der Waals surface area contributed by atoms with E-state index < -0.39 is 12.1 Å². The van der Waals surface area contributed by atoms with E-state index in [0.717, 1.165) is 41.8 Å². The van der Waals surface area contributed by atoms with Crippen LogP contribution < -0.4 is 10.6 Å². The van der Waals surface area contributed by atoms with Crippen molar-refractivity contribution in [2.24, 2.45) is 16.6 Å². The second-order valence-electron chi connectivity index (χ2n) is 8.23. The fourth-order valence-electron chi connectivity index (χ4n) is 4.23. The van der Waals surface area contributed by atoms with Gasteiger partial charge in [-0.2, -0.15) is 0 Å². The molecule has 1 aliphatic carbocycles. The Morgan fingerprint density at radius 1 is 1.03 bits per heavy atom. The number of rotatable bonds is 3. The Bertz CT molecular complexity index is 980. The molecule has 2 aliphatic rings. The predicted molar refractivity (Wildman–Crippen MR) is 115 cm³/mol. The van der Waals surface area contributed by atoms with E-state index >= 15 is 0 Å². The van der Waals surface area contributed by atoms with Crippen LogP contribution in [0.15, 0.2) is 53.5 Å². The van der Waals surface area contributed by atoms with Crippen molar-refractivity contribution in [2.45, 2.75) is 51.6 Å². The summed E-state index contributed by atoms with van der Waals surface area (Å²) in [5.74, 6) is -0.493. The van der Waals surface area contributed by atoms with Crippen molar-refractivity contribution in [1.29, 1.82) is 0 Å². The van der Waals surface area contributed by atoms with Crippen molar-refractivity contribution in [1.82, 2.24) is 0 Å². The smallest absolute Gasteiger partial charge is 0.269 e. The monoisotopic (exact) mass is 389 g/mol. The number of nitrogens with two attached hydrogens (primary N) is 1. The maximum atomic E-state index is 13.3. The molecule has 0 fully saturated rings. The van der Waals surface area contributed by atoms with Crippen molar-refractivity contribution < 1.29 is 9.59 Å². The third-order valence-electron chi connectivity index (χ3n) is 5.94. The van der Waals surface area contributed by atoms with E-state index in [1.165, 1.54) is 5.56 Å². The zero-order valence-electron chi connectivity index (χ0n) is 17.0. The third-order valence-corrected chi connectivity index (χ3v) is 5.94. The van der Waals surface area contributed by atoms with Crippen LogP contribution in [0.1, 0.15) is 43.4 Å². The molecule has 29 heavy (non-hydrogen) atoms. The third kappa shape index (κ3) is 3.62. The summed E-state index contributed by atoms with van der Waals surface area (Å²) in [6.45, 7) is 3.83. The molecule has 2 amide bonds. The van der Waals surface area contributed by atoms with Gasteiger partial charge in [0.1, 0.15) is 6.04 Å². The minimum Gasteiger partial charge on any atom is -0.320 e. The van der Waals surface area contributed by atoms with Crippen molar-refractivity contribution in [3.8, 4) is 0 Å². The largest absolute Gasteiger partial charge is 0.320 e. The minimum absolute atomic E-state index is 0.0115. The van der Waals surface area contributed by atoms with Crippen LogP contribution in [-0.2, 0) is 22.4 Å². The van der Waals surface area contributed by atoms with Crippen LogP contribution >= 0.6 is 0 Å². The molecule has 2 N–H and O–H groups in total. The van der Waals surface area contributed by atoms with Crippen molar-refractivity contribution in [3.05, 3.63) is 65.2 Å². The Labute approximate surface area is 171 Å². The molecule has 0 saturated heterocycles. The second-order valence-corrected chi connectivity index (χ2v) is 8.23. The van der Waals surface area contributed by atoms with Gasteiger partial charge in [-0.3, -0.25) is 14.5 Å². The maximum absolute atomic E-state index is 13.3. The zero-order valence-corrected chi connectivity index (χ0v) is 17.0. The molecule has 5 heteroatoms. The van der Waals surface area contributed by atoms with Gasteiger partial charge in [-0.1, -0.05) is 56.3 Å². The predicted octanol–water partition coefficient (Wildman–Crippen LogP) is 3.28. The molecular weight excluding hydrogens is 362 g/mol.